The van der Waals surface area contributed by atoms with Gasteiger partial charge in [-0.05, 0) is 29.7 Å². The van der Waals surface area contributed by atoms with E-state index in [1.807, 2.05) is 24.3 Å². The number of nitrogens with zero attached hydrogens (tertiary/aromatic N) is 1. The maximum atomic E-state index is 12.2. The molecular weight excluding hydrogens is 250 g/mol. The molecule has 20 heavy (non-hydrogen) atoms. The third kappa shape index (κ3) is 2.01. The number of carbonyl (C=O) groups is 2. The van der Waals surface area contributed by atoms with E-state index in [1.54, 1.807) is 24.3 Å². The van der Waals surface area contributed by atoms with Crippen molar-refractivity contribution >= 4 is 11.8 Å². The number of benzene rings is 2. The molecule has 1 aliphatic heterocycles. The smallest absolute Gasteiger partial charge is 0.261 e. The van der Waals surface area contributed by atoms with Crippen molar-refractivity contribution in [1.29, 1.82) is 0 Å². The number of aryl methyl sites for hydroxylation is 1. The van der Waals surface area contributed by atoms with Crippen LogP contribution in [0, 0.1) is 0 Å². The number of rotatable bonds is 3. The summed E-state index contributed by atoms with van der Waals surface area (Å²) in [7, 11) is 0. The van der Waals surface area contributed by atoms with Gasteiger partial charge in [-0.1, -0.05) is 43.3 Å². The van der Waals surface area contributed by atoms with E-state index < -0.39 is 0 Å². The molecule has 2 aromatic carbocycles. The largest absolute Gasteiger partial charge is 0.270 e. The first kappa shape index (κ1) is 12.6. The second-order valence-electron chi connectivity index (χ2n) is 4.91. The Morgan fingerprint density at radius 3 is 1.80 bits per heavy atom. The number of hydrogen-bond donors (Lipinski definition) is 0. The van der Waals surface area contributed by atoms with Gasteiger partial charge in [0, 0.05) is 0 Å². The van der Waals surface area contributed by atoms with Crippen LogP contribution in [0.2, 0.25) is 0 Å². The molecule has 1 aliphatic rings. The SMILES string of the molecule is CCc1ccc(CN2C(=O)c3ccccc3C2=O)cc1. The van der Waals surface area contributed by atoms with Crippen molar-refractivity contribution in [2.45, 2.75) is 19.9 Å². The van der Waals surface area contributed by atoms with Gasteiger partial charge in [0.25, 0.3) is 11.8 Å². The Morgan fingerprint density at radius 1 is 0.800 bits per heavy atom. The van der Waals surface area contributed by atoms with Crippen LogP contribution in [0.25, 0.3) is 0 Å². The predicted octanol–water partition coefficient (Wildman–Crippen LogP) is 3.05. The maximum absolute atomic E-state index is 12.2. The molecule has 2 aromatic rings. The second-order valence-corrected chi connectivity index (χ2v) is 4.91. The molecule has 0 saturated heterocycles. The maximum Gasteiger partial charge on any atom is 0.261 e. The molecule has 0 N–H and O–H groups in total. The van der Waals surface area contributed by atoms with Crippen molar-refractivity contribution in [2.24, 2.45) is 0 Å². The predicted molar refractivity (Wildman–Crippen MR) is 76.5 cm³/mol. The van der Waals surface area contributed by atoms with E-state index >= 15 is 0 Å². The van der Waals surface area contributed by atoms with Crippen molar-refractivity contribution in [1.82, 2.24) is 4.90 Å². The molecule has 2 amide bonds. The van der Waals surface area contributed by atoms with Crippen LogP contribution in [-0.2, 0) is 13.0 Å². The first-order valence-electron chi connectivity index (χ1n) is 6.73. The van der Waals surface area contributed by atoms with E-state index in [0.29, 0.717) is 17.7 Å². The third-order valence-corrected chi connectivity index (χ3v) is 3.65. The van der Waals surface area contributed by atoms with Crippen LogP contribution in [0.3, 0.4) is 0 Å². The lowest BCUT2D eigenvalue weighted by Crippen LogP contribution is -2.29. The number of hydrogen-bond acceptors (Lipinski definition) is 2. The normalized spacial score (nSPS) is 13.8. The monoisotopic (exact) mass is 265 g/mol. The standard InChI is InChI=1S/C17H15NO2/c1-2-12-7-9-13(10-8-12)11-18-16(19)14-5-3-4-6-15(14)17(18)20/h3-10H,2,11H2,1H3. The Morgan fingerprint density at radius 2 is 1.30 bits per heavy atom. The van der Waals surface area contributed by atoms with Crippen molar-refractivity contribution in [3.05, 3.63) is 70.8 Å². The average Bonchev–Trinajstić information content (AvgIpc) is 2.74. The van der Waals surface area contributed by atoms with Gasteiger partial charge in [0.2, 0.25) is 0 Å². The molecule has 0 spiro atoms. The lowest BCUT2D eigenvalue weighted by Gasteiger charge is -2.14. The van der Waals surface area contributed by atoms with Crippen molar-refractivity contribution in [2.75, 3.05) is 0 Å². The molecule has 1 heterocycles. The Kier molecular flexibility index (Phi) is 3.11. The molecule has 0 unspecified atom stereocenters. The molecule has 0 atom stereocenters. The molecule has 3 heteroatoms. The lowest BCUT2D eigenvalue weighted by atomic mass is 10.1. The molecule has 3 nitrogen and oxygen atoms in total. The average molecular weight is 265 g/mol. The van der Waals surface area contributed by atoms with Crippen molar-refractivity contribution < 1.29 is 9.59 Å². The van der Waals surface area contributed by atoms with Gasteiger partial charge in [0.05, 0.1) is 17.7 Å². The molecule has 0 bridgehead atoms. The summed E-state index contributed by atoms with van der Waals surface area (Å²) in [6.07, 6.45) is 0.979. The highest BCUT2D eigenvalue weighted by atomic mass is 16.2. The molecular formula is C17H15NO2. The summed E-state index contributed by atoms with van der Waals surface area (Å²) in [6.45, 7) is 2.43. The number of imide groups is 1. The minimum absolute atomic E-state index is 0.204. The van der Waals surface area contributed by atoms with Crippen LogP contribution in [0.4, 0.5) is 0 Å². The van der Waals surface area contributed by atoms with E-state index in [4.69, 9.17) is 0 Å². The Labute approximate surface area is 117 Å². The van der Waals surface area contributed by atoms with Crippen LogP contribution in [0.5, 0.6) is 0 Å². The molecule has 3 rings (SSSR count). The first-order chi connectivity index (χ1) is 9.70. The van der Waals surface area contributed by atoms with E-state index in [9.17, 15) is 9.59 Å². The van der Waals surface area contributed by atoms with Crippen LogP contribution in [0.15, 0.2) is 48.5 Å². The molecule has 0 aliphatic carbocycles. The highest BCUT2D eigenvalue weighted by Crippen LogP contribution is 2.24. The molecule has 0 saturated carbocycles. The fourth-order valence-electron chi connectivity index (χ4n) is 2.45. The zero-order valence-corrected chi connectivity index (χ0v) is 11.3. The van der Waals surface area contributed by atoms with Crippen molar-refractivity contribution in [3.8, 4) is 0 Å². The summed E-state index contributed by atoms with van der Waals surface area (Å²) in [5.41, 5.74) is 3.22. The molecule has 0 radical (unpaired) electrons. The van der Waals surface area contributed by atoms with Gasteiger partial charge in [-0.2, -0.15) is 0 Å². The molecule has 100 valence electrons. The van der Waals surface area contributed by atoms with Gasteiger partial charge < -0.3 is 0 Å². The van der Waals surface area contributed by atoms with E-state index in [1.165, 1.54) is 10.5 Å². The van der Waals surface area contributed by atoms with Gasteiger partial charge >= 0.3 is 0 Å². The highest BCUT2D eigenvalue weighted by molar-refractivity contribution is 6.21. The zero-order valence-electron chi connectivity index (χ0n) is 11.3. The summed E-state index contributed by atoms with van der Waals surface area (Å²) in [5, 5.41) is 0. The fourth-order valence-corrected chi connectivity index (χ4v) is 2.45. The van der Waals surface area contributed by atoms with Gasteiger partial charge in [0.15, 0.2) is 0 Å². The van der Waals surface area contributed by atoms with E-state index in [2.05, 4.69) is 6.92 Å². The Bertz CT molecular complexity index is 639. The van der Waals surface area contributed by atoms with Gasteiger partial charge in [-0.3, -0.25) is 14.5 Å². The Hall–Kier alpha value is -2.42. The molecule has 0 fully saturated rings. The second kappa shape index (κ2) is 4.93. The Balaban J connectivity index is 1.85. The zero-order chi connectivity index (χ0) is 14.1. The number of carbonyl (C=O) groups excluding carboxylic acids is 2. The van der Waals surface area contributed by atoms with Gasteiger partial charge in [0.1, 0.15) is 0 Å². The van der Waals surface area contributed by atoms with Crippen LogP contribution in [-0.4, -0.2) is 16.7 Å². The van der Waals surface area contributed by atoms with Crippen LogP contribution < -0.4 is 0 Å². The fraction of sp³-hybridized carbons (Fsp3) is 0.176. The summed E-state index contributed by atoms with van der Waals surface area (Å²) in [6, 6.07) is 15.0. The van der Waals surface area contributed by atoms with E-state index in [-0.39, 0.29) is 11.8 Å². The number of fused-ring (bicyclic) bond motifs is 1. The van der Waals surface area contributed by atoms with Crippen LogP contribution in [0.1, 0.15) is 38.8 Å². The summed E-state index contributed by atoms with van der Waals surface area (Å²) in [5.74, 6) is -0.407. The van der Waals surface area contributed by atoms with Crippen molar-refractivity contribution in [3.63, 3.8) is 0 Å². The minimum atomic E-state index is -0.204. The number of amides is 2. The third-order valence-electron chi connectivity index (χ3n) is 3.65. The first-order valence-corrected chi connectivity index (χ1v) is 6.73. The van der Waals surface area contributed by atoms with Gasteiger partial charge in [-0.15, -0.1) is 0 Å². The summed E-state index contributed by atoms with van der Waals surface area (Å²) in [4.78, 5) is 25.8. The summed E-state index contributed by atoms with van der Waals surface area (Å²) < 4.78 is 0. The van der Waals surface area contributed by atoms with Crippen LogP contribution >= 0.6 is 0 Å². The lowest BCUT2D eigenvalue weighted by molar-refractivity contribution is 0.0642. The topological polar surface area (TPSA) is 37.4 Å². The quantitative estimate of drug-likeness (QED) is 0.800. The highest BCUT2D eigenvalue weighted by Gasteiger charge is 2.34. The summed E-state index contributed by atoms with van der Waals surface area (Å²) >= 11 is 0. The minimum Gasteiger partial charge on any atom is -0.270 e. The molecule has 0 aromatic heterocycles. The van der Waals surface area contributed by atoms with Gasteiger partial charge in [-0.25, -0.2) is 0 Å². The van der Waals surface area contributed by atoms with E-state index in [0.717, 1.165) is 12.0 Å².